The molecule has 2 unspecified atom stereocenters. The average molecular weight is 418 g/mol. The molecule has 0 saturated carbocycles. The molecule has 0 bridgehead atoms. The van der Waals surface area contributed by atoms with Crippen molar-refractivity contribution in [2.75, 3.05) is 39.6 Å². The van der Waals surface area contributed by atoms with Gasteiger partial charge in [-0.05, 0) is 0 Å². The van der Waals surface area contributed by atoms with Gasteiger partial charge >= 0.3 is 23.9 Å². The maximum atomic E-state index is 9.72. The Morgan fingerprint density at radius 3 is 1.04 bits per heavy atom. The first-order chi connectivity index (χ1) is 13.0. The van der Waals surface area contributed by atoms with Crippen molar-refractivity contribution in [2.24, 2.45) is 0 Å². The third-order valence-corrected chi connectivity index (χ3v) is 2.15. The topological polar surface area (TPSA) is 249 Å². The van der Waals surface area contributed by atoms with E-state index in [1.165, 1.54) is 0 Å². The van der Waals surface area contributed by atoms with Gasteiger partial charge in [0.05, 0.1) is 52.5 Å². The van der Waals surface area contributed by atoms with Crippen LogP contribution in [0.2, 0.25) is 0 Å². The van der Waals surface area contributed by atoms with Gasteiger partial charge < -0.3 is 50.3 Å². The fourth-order valence-electron chi connectivity index (χ4n) is 0.957. The number of hydrogen-bond donors (Lipinski definition) is 8. The number of aliphatic hydroxyl groups excluding tert-OH is 4. The molecule has 8 N–H and O–H groups in total. The summed E-state index contributed by atoms with van der Waals surface area (Å²) in [7, 11) is 0. The quantitative estimate of drug-likeness (QED) is 0.137. The van der Waals surface area contributed by atoms with E-state index >= 15 is 0 Å². The van der Waals surface area contributed by atoms with E-state index in [0.717, 1.165) is 0 Å². The molecule has 0 fully saturated rings. The largest absolute Gasteiger partial charge is 0.481 e. The minimum Gasteiger partial charge on any atom is -0.481 e. The van der Waals surface area contributed by atoms with E-state index in [9.17, 15) is 19.2 Å². The molecule has 0 saturated heterocycles. The first-order valence-corrected chi connectivity index (χ1v) is 7.62. The molecule has 2 atom stereocenters. The predicted molar refractivity (Wildman–Crippen MR) is 87.6 cm³/mol. The lowest BCUT2D eigenvalue weighted by atomic mass is 10.3. The number of carboxylic acids is 4. The van der Waals surface area contributed by atoms with Crippen LogP contribution in [0.4, 0.5) is 0 Å². The van der Waals surface area contributed by atoms with Gasteiger partial charge in [0, 0.05) is 0 Å². The molecule has 0 aromatic heterocycles. The van der Waals surface area contributed by atoms with E-state index in [4.69, 9.17) is 50.3 Å². The molecule has 0 aliphatic heterocycles. The molecule has 0 aromatic rings. The Balaban J connectivity index is -0.000000336. The lowest BCUT2D eigenvalue weighted by Crippen LogP contribution is -2.22. The molecule has 166 valence electrons. The average Bonchev–Trinajstić information content (AvgIpc) is 2.58. The van der Waals surface area contributed by atoms with Crippen LogP contribution < -0.4 is 0 Å². The maximum Gasteiger partial charge on any atom is 0.333 e. The standard InChI is InChI=1S/C6H14O4.2C4H6O5/c7-1-3-9-5-6-10-4-2-8;2*5-2(4(8)9)1-3(6)7/h7-8H,1-6H2;2*2,5H,1H2,(H,6,7)(H,8,9). The van der Waals surface area contributed by atoms with Gasteiger partial charge in [0.25, 0.3) is 0 Å². The highest BCUT2D eigenvalue weighted by Gasteiger charge is 2.16. The summed E-state index contributed by atoms with van der Waals surface area (Å²) in [6, 6.07) is 0. The van der Waals surface area contributed by atoms with E-state index in [0.29, 0.717) is 26.4 Å². The van der Waals surface area contributed by atoms with Crippen molar-refractivity contribution in [1.82, 2.24) is 0 Å². The maximum absolute atomic E-state index is 9.72. The smallest absolute Gasteiger partial charge is 0.333 e. The number of carboxylic acid groups (broad SMARTS) is 4. The first-order valence-electron chi connectivity index (χ1n) is 7.62. The van der Waals surface area contributed by atoms with Crippen molar-refractivity contribution in [3.05, 3.63) is 0 Å². The molecule has 0 aromatic carbocycles. The van der Waals surface area contributed by atoms with E-state index in [2.05, 4.69) is 0 Å². The fraction of sp³-hybridized carbons (Fsp3) is 0.714. The molecule has 0 radical (unpaired) electrons. The highest BCUT2D eigenvalue weighted by atomic mass is 16.5. The van der Waals surface area contributed by atoms with Crippen LogP contribution in [0.15, 0.2) is 0 Å². The van der Waals surface area contributed by atoms with Gasteiger partial charge in [-0.2, -0.15) is 0 Å². The number of aliphatic carboxylic acids is 4. The van der Waals surface area contributed by atoms with Crippen LogP contribution in [0, 0.1) is 0 Å². The zero-order valence-electron chi connectivity index (χ0n) is 14.8. The van der Waals surface area contributed by atoms with Crippen molar-refractivity contribution in [1.29, 1.82) is 0 Å². The summed E-state index contributed by atoms with van der Waals surface area (Å²) in [5.74, 6) is -5.69. The second-order valence-corrected chi connectivity index (χ2v) is 4.58. The molecular weight excluding hydrogens is 392 g/mol. The van der Waals surface area contributed by atoms with Gasteiger partial charge in [0.15, 0.2) is 12.2 Å². The lowest BCUT2D eigenvalue weighted by Gasteiger charge is -2.01. The van der Waals surface area contributed by atoms with E-state index < -0.39 is 48.9 Å². The second kappa shape index (κ2) is 20.9. The summed E-state index contributed by atoms with van der Waals surface area (Å²) < 4.78 is 9.75. The number of aliphatic hydroxyl groups is 4. The summed E-state index contributed by atoms with van der Waals surface area (Å²) in [5.41, 5.74) is 0. The van der Waals surface area contributed by atoms with Gasteiger partial charge in [-0.15, -0.1) is 0 Å². The van der Waals surface area contributed by atoms with E-state index in [1.54, 1.807) is 0 Å². The monoisotopic (exact) mass is 418 g/mol. The summed E-state index contributed by atoms with van der Waals surface area (Å²) >= 11 is 0. The fourth-order valence-corrected chi connectivity index (χ4v) is 0.957. The predicted octanol–water partition coefficient (Wildman–Crippen LogP) is -3.18. The molecule has 14 nitrogen and oxygen atoms in total. The van der Waals surface area contributed by atoms with Crippen LogP contribution in [-0.4, -0.2) is 117 Å². The molecule has 0 aliphatic carbocycles. The van der Waals surface area contributed by atoms with Crippen molar-refractivity contribution in [3.63, 3.8) is 0 Å². The first kappa shape index (κ1) is 30.4. The van der Waals surface area contributed by atoms with E-state index in [1.807, 2.05) is 0 Å². The Labute approximate surface area is 159 Å². The second-order valence-electron chi connectivity index (χ2n) is 4.58. The highest BCUT2D eigenvalue weighted by Crippen LogP contribution is 1.90. The van der Waals surface area contributed by atoms with Crippen LogP contribution in [0.3, 0.4) is 0 Å². The minimum atomic E-state index is -1.79. The zero-order chi connectivity index (χ0) is 22.5. The molecular formula is C14H26O14. The Morgan fingerprint density at radius 1 is 0.607 bits per heavy atom. The summed E-state index contributed by atoms with van der Waals surface area (Å²) in [6.07, 6.45) is -5.09. The zero-order valence-corrected chi connectivity index (χ0v) is 14.8. The van der Waals surface area contributed by atoms with Gasteiger partial charge in [-0.1, -0.05) is 0 Å². The molecule has 0 heterocycles. The minimum absolute atomic E-state index is 0.0417. The van der Waals surface area contributed by atoms with Gasteiger partial charge in [0.2, 0.25) is 0 Å². The van der Waals surface area contributed by atoms with Crippen molar-refractivity contribution < 1.29 is 69.5 Å². The Morgan fingerprint density at radius 2 is 0.893 bits per heavy atom. The van der Waals surface area contributed by atoms with Crippen LogP contribution in [0.1, 0.15) is 12.8 Å². The van der Waals surface area contributed by atoms with Crippen LogP contribution in [-0.2, 0) is 28.7 Å². The summed E-state index contributed by atoms with van der Waals surface area (Å²) in [5, 5.41) is 64.8. The van der Waals surface area contributed by atoms with Gasteiger partial charge in [0.1, 0.15) is 0 Å². The van der Waals surface area contributed by atoms with Crippen molar-refractivity contribution in [2.45, 2.75) is 25.0 Å². The third kappa shape index (κ3) is 28.4. The highest BCUT2D eigenvalue weighted by molar-refractivity contribution is 5.79. The molecule has 0 aliphatic rings. The molecule has 0 amide bonds. The molecule has 0 rings (SSSR count). The molecule has 14 heteroatoms. The van der Waals surface area contributed by atoms with Gasteiger partial charge in [-0.3, -0.25) is 9.59 Å². The number of ether oxygens (including phenoxy) is 2. The number of carbonyl (C=O) groups is 4. The Bertz CT molecular complexity index is 398. The Kier molecular flexibility index (Phi) is 22.7. The molecule has 28 heavy (non-hydrogen) atoms. The normalized spacial score (nSPS) is 11.7. The third-order valence-electron chi connectivity index (χ3n) is 2.15. The number of hydrogen-bond acceptors (Lipinski definition) is 10. The van der Waals surface area contributed by atoms with E-state index in [-0.39, 0.29) is 13.2 Å². The molecule has 0 spiro atoms. The number of rotatable bonds is 13. The Hall–Kier alpha value is -2.36. The SMILES string of the molecule is O=C(O)CC(O)C(=O)O.O=C(O)CC(O)C(=O)O.OCCOCCOCCO. The van der Waals surface area contributed by atoms with Crippen LogP contribution in [0.5, 0.6) is 0 Å². The summed E-state index contributed by atoms with van der Waals surface area (Å²) in [6.45, 7) is 1.73. The van der Waals surface area contributed by atoms with Crippen molar-refractivity contribution >= 4 is 23.9 Å². The van der Waals surface area contributed by atoms with Gasteiger partial charge in [-0.25, -0.2) is 9.59 Å². The summed E-state index contributed by atoms with van der Waals surface area (Å²) in [4.78, 5) is 38.8. The van der Waals surface area contributed by atoms with Crippen molar-refractivity contribution in [3.8, 4) is 0 Å². The van der Waals surface area contributed by atoms with Crippen LogP contribution in [0.25, 0.3) is 0 Å². The lowest BCUT2D eigenvalue weighted by molar-refractivity contribution is -0.153. The van der Waals surface area contributed by atoms with Crippen LogP contribution >= 0.6 is 0 Å².